The number of carbonyl (C=O) groups excluding carboxylic acids is 2. The summed E-state index contributed by atoms with van der Waals surface area (Å²) in [7, 11) is 0. The fraction of sp³-hybridized carbons (Fsp3) is 0.846. The zero-order chi connectivity index (χ0) is 13.4. The maximum absolute atomic E-state index is 11.8. The normalized spacial score (nSPS) is 23.4. The number of hydrogen-bond acceptors (Lipinski definition) is 3. The van der Waals surface area contributed by atoms with Crippen LogP contribution in [0.15, 0.2) is 0 Å². The fourth-order valence-electron chi connectivity index (χ4n) is 2.12. The highest BCUT2D eigenvalue weighted by Crippen LogP contribution is 2.12. The predicted molar refractivity (Wildman–Crippen MR) is 71.2 cm³/mol. The van der Waals surface area contributed by atoms with Gasteiger partial charge in [-0.2, -0.15) is 0 Å². The predicted octanol–water partition coefficient (Wildman–Crippen LogP) is 0.550. The van der Waals surface area contributed by atoms with E-state index in [0.29, 0.717) is 25.6 Å². The van der Waals surface area contributed by atoms with Gasteiger partial charge < -0.3 is 16.0 Å². The Hall–Kier alpha value is -1.10. The minimum atomic E-state index is -0.0903. The zero-order valence-electron chi connectivity index (χ0n) is 11.4. The van der Waals surface area contributed by atoms with Crippen LogP contribution in [0.5, 0.6) is 0 Å². The molecule has 1 aliphatic heterocycles. The average Bonchev–Trinajstić information content (AvgIpc) is 2.36. The minimum Gasteiger partial charge on any atom is -0.356 e. The largest absolute Gasteiger partial charge is 0.356 e. The molecule has 0 bridgehead atoms. The molecule has 5 nitrogen and oxygen atoms in total. The fourth-order valence-corrected chi connectivity index (χ4v) is 2.12. The van der Waals surface area contributed by atoms with Gasteiger partial charge in [-0.15, -0.1) is 0 Å². The van der Waals surface area contributed by atoms with Gasteiger partial charge in [0.2, 0.25) is 11.8 Å². The third kappa shape index (κ3) is 5.49. The van der Waals surface area contributed by atoms with Crippen molar-refractivity contribution in [1.29, 1.82) is 0 Å². The Morgan fingerprint density at radius 1 is 1.22 bits per heavy atom. The topological polar surface area (TPSA) is 70.2 Å². The molecule has 0 aromatic rings. The second kappa shape index (κ2) is 8.08. The Morgan fingerprint density at radius 3 is 2.67 bits per heavy atom. The van der Waals surface area contributed by atoms with Gasteiger partial charge in [0, 0.05) is 25.6 Å². The quantitative estimate of drug-likeness (QED) is 0.649. The van der Waals surface area contributed by atoms with E-state index in [9.17, 15) is 9.59 Å². The van der Waals surface area contributed by atoms with E-state index in [-0.39, 0.29) is 17.9 Å². The lowest BCUT2D eigenvalue weighted by Crippen LogP contribution is -2.50. The van der Waals surface area contributed by atoms with E-state index in [0.717, 1.165) is 25.7 Å². The Morgan fingerprint density at radius 2 is 2.00 bits per heavy atom. The van der Waals surface area contributed by atoms with Crippen LogP contribution in [0.2, 0.25) is 0 Å². The molecule has 1 fully saturated rings. The van der Waals surface area contributed by atoms with E-state index < -0.39 is 0 Å². The molecule has 0 aliphatic carbocycles. The molecule has 0 aromatic carbocycles. The molecule has 0 spiro atoms. The first-order valence-corrected chi connectivity index (χ1v) is 6.94. The van der Waals surface area contributed by atoms with Crippen molar-refractivity contribution in [3.63, 3.8) is 0 Å². The first-order chi connectivity index (χ1) is 8.63. The standard InChI is InChI=1S/C13H25N3O2/c1-3-8-14-12(17)7-9-15-13(18)11-6-4-5-10(2)16-11/h10-11,16H,3-9H2,1-2H3,(H,14,17)(H,15,18). The zero-order valence-corrected chi connectivity index (χ0v) is 11.4. The van der Waals surface area contributed by atoms with E-state index >= 15 is 0 Å². The maximum atomic E-state index is 11.8. The molecule has 0 aromatic heterocycles. The summed E-state index contributed by atoms with van der Waals surface area (Å²) in [4.78, 5) is 23.2. The van der Waals surface area contributed by atoms with E-state index in [2.05, 4.69) is 22.9 Å². The van der Waals surface area contributed by atoms with Crippen LogP contribution in [0.3, 0.4) is 0 Å². The van der Waals surface area contributed by atoms with E-state index in [4.69, 9.17) is 0 Å². The van der Waals surface area contributed by atoms with Gasteiger partial charge in [0.15, 0.2) is 0 Å². The van der Waals surface area contributed by atoms with E-state index in [1.165, 1.54) is 0 Å². The first kappa shape index (κ1) is 15.0. The van der Waals surface area contributed by atoms with Crippen molar-refractivity contribution in [3.05, 3.63) is 0 Å². The number of hydrogen-bond donors (Lipinski definition) is 3. The highest BCUT2D eigenvalue weighted by Gasteiger charge is 2.23. The lowest BCUT2D eigenvalue weighted by molar-refractivity contribution is -0.124. The number of piperidine rings is 1. The van der Waals surface area contributed by atoms with Crippen molar-refractivity contribution in [2.24, 2.45) is 0 Å². The molecule has 0 radical (unpaired) electrons. The van der Waals surface area contributed by atoms with Crippen LogP contribution in [0.1, 0.15) is 46.0 Å². The molecule has 18 heavy (non-hydrogen) atoms. The Balaban J connectivity index is 2.14. The van der Waals surface area contributed by atoms with Gasteiger partial charge in [-0.25, -0.2) is 0 Å². The van der Waals surface area contributed by atoms with Crippen molar-refractivity contribution in [1.82, 2.24) is 16.0 Å². The monoisotopic (exact) mass is 255 g/mol. The smallest absolute Gasteiger partial charge is 0.237 e. The van der Waals surface area contributed by atoms with Crippen molar-refractivity contribution < 1.29 is 9.59 Å². The van der Waals surface area contributed by atoms with Crippen LogP contribution >= 0.6 is 0 Å². The third-order valence-corrected chi connectivity index (χ3v) is 3.16. The van der Waals surface area contributed by atoms with E-state index in [1.54, 1.807) is 0 Å². The summed E-state index contributed by atoms with van der Waals surface area (Å²) < 4.78 is 0. The second-order valence-electron chi connectivity index (χ2n) is 4.94. The van der Waals surface area contributed by atoms with Crippen molar-refractivity contribution >= 4 is 11.8 Å². The Bertz CT molecular complexity index is 281. The van der Waals surface area contributed by atoms with Crippen LogP contribution in [0.25, 0.3) is 0 Å². The molecule has 1 heterocycles. The third-order valence-electron chi connectivity index (χ3n) is 3.16. The Kier molecular flexibility index (Phi) is 6.72. The molecule has 2 unspecified atom stereocenters. The number of carbonyl (C=O) groups is 2. The van der Waals surface area contributed by atoms with Crippen molar-refractivity contribution in [2.75, 3.05) is 13.1 Å². The van der Waals surface area contributed by atoms with Crippen LogP contribution in [0, 0.1) is 0 Å². The second-order valence-corrected chi connectivity index (χ2v) is 4.94. The summed E-state index contributed by atoms with van der Waals surface area (Å²) in [6, 6.07) is 0.315. The van der Waals surface area contributed by atoms with Crippen molar-refractivity contribution in [3.8, 4) is 0 Å². The van der Waals surface area contributed by atoms with Crippen LogP contribution in [0.4, 0.5) is 0 Å². The van der Waals surface area contributed by atoms with Gasteiger partial charge in [0.1, 0.15) is 0 Å². The van der Waals surface area contributed by atoms with Crippen LogP contribution < -0.4 is 16.0 Å². The summed E-state index contributed by atoms with van der Waals surface area (Å²) >= 11 is 0. The Labute approximate surface area is 109 Å². The number of amides is 2. The average molecular weight is 255 g/mol. The molecule has 5 heteroatoms. The molecule has 1 saturated heterocycles. The van der Waals surface area contributed by atoms with Gasteiger partial charge in [-0.05, 0) is 32.6 Å². The first-order valence-electron chi connectivity index (χ1n) is 6.94. The summed E-state index contributed by atoms with van der Waals surface area (Å²) in [5, 5.41) is 8.88. The highest BCUT2D eigenvalue weighted by atomic mass is 16.2. The molecule has 2 amide bonds. The van der Waals surface area contributed by atoms with Gasteiger partial charge in [0.25, 0.3) is 0 Å². The van der Waals surface area contributed by atoms with Gasteiger partial charge in [0.05, 0.1) is 6.04 Å². The SMILES string of the molecule is CCCNC(=O)CCNC(=O)C1CCCC(C)N1. The van der Waals surface area contributed by atoms with Gasteiger partial charge >= 0.3 is 0 Å². The lowest BCUT2D eigenvalue weighted by Gasteiger charge is -2.27. The van der Waals surface area contributed by atoms with Gasteiger partial charge in [-0.3, -0.25) is 9.59 Å². The summed E-state index contributed by atoms with van der Waals surface area (Å²) in [6.45, 7) is 5.23. The molecule has 3 N–H and O–H groups in total. The van der Waals surface area contributed by atoms with Crippen LogP contribution in [-0.4, -0.2) is 37.0 Å². The maximum Gasteiger partial charge on any atom is 0.237 e. The van der Waals surface area contributed by atoms with Gasteiger partial charge in [-0.1, -0.05) is 6.92 Å². The molecular formula is C13H25N3O2. The molecule has 104 valence electrons. The molecule has 0 saturated carbocycles. The molecule has 2 atom stereocenters. The summed E-state index contributed by atoms with van der Waals surface area (Å²) in [5.41, 5.74) is 0. The lowest BCUT2D eigenvalue weighted by atomic mass is 9.99. The van der Waals surface area contributed by atoms with Crippen LogP contribution in [-0.2, 0) is 9.59 Å². The molecular weight excluding hydrogens is 230 g/mol. The number of nitrogens with one attached hydrogen (secondary N) is 3. The van der Waals surface area contributed by atoms with Crippen molar-refractivity contribution in [2.45, 2.75) is 58.0 Å². The molecule has 1 rings (SSSR count). The highest BCUT2D eigenvalue weighted by molar-refractivity contribution is 5.82. The molecule has 1 aliphatic rings. The summed E-state index contributed by atoms with van der Waals surface area (Å²) in [6.07, 6.45) is 4.39. The minimum absolute atomic E-state index is 0.00196. The number of rotatable bonds is 6. The van der Waals surface area contributed by atoms with E-state index in [1.807, 2.05) is 6.92 Å². The summed E-state index contributed by atoms with van der Waals surface area (Å²) in [5.74, 6) is 0.0203.